The van der Waals surface area contributed by atoms with E-state index in [0.717, 1.165) is 16.5 Å². The van der Waals surface area contributed by atoms with Gasteiger partial charge in [-0.3, -0.25) is 9.59 Å². The Kier molecular flexibility index (Phi) is 7.18. The molecule has 3 aromatic rings. The van der Waals surface area contributed by atoms with Crippen molar-refractivity contribution < 1.29 is 28.5 Å². The minimum absolute atomic E-state index is 0.0954. The molecule has 0 saturated carbocycles. The van der Waals surface area contributed by atoms with E-state index in [1.165, 1.54) is 21.1 Å². The summed E-state index contributed by atoms with van der Waals surface area (Å²) in [4.78, 5) is 29.9. The SMILES string of the molecule is COc1ccc(C(C)=O)c(OCC2CN(C(=O)/C=C/c3c[nH]c4ccccc34)CCO2)c1OC. The summed E-state index contributed by atoms with van der Waals surface area (Å²) >= 11 is 0. The molecule has 1 amide bonds. The Balaban J connectivity index is 1.43. The molecule has 0 bridgehead atoms. The Bertz CT molecular complexity index is 1220. The number of carbonyl (C=O) groups is 2. The first-order chi connectivity index (χ1) is 16.5. The molecule has 1 aromatic heterocycles. The molecule has 4 rings (SSSR count). The summed E-state index contributed by atoms with van der Waals surface area (Å²) in [5, 5.41) is 1.06. The summed E-state index contributed by atoms with van der Waals surface area (Å²) in [7, 11) is 3.01. The first-order valence-electron chi connectivity index (χ1n) is 11.0. The fourth-order valence-electron chi connectivity index (χ4n) is 4.01. The first-order valence-corrected chi connectivity index (χ1v) is 11.0. The van der Waals surface area contributed by atoms with Gasteiger partial charge in [-0.25, -0.2) is 0 Å². The molecule has 0 radical (unpaired) electrons. The molecule has 1 N–H and O–H groups in total. The number of aromatic amines is 1. The van der Waals surface area contributed by atoms with Crippen LogP contribution in [0.25, 0.3) is 17.0 Å². The fourth-order valence-corrected chi connectivity index (χ4v) is 4.01. The third-order valence-corrected chi connectivity index (χ3v) is 5.77. The van der Waals surface area contributed by atoms with Crippen LogP contribution in [0.1, 0.15) is 22.8 Å². The Morgan fingerprint density at radius 3 is 2.74 bits per heavy atom. The molecule has 1 unspecified atom stereocenters. The van der Waals surface area contributed by atoms with Crippen LogP contribution < -0.4 is 14.2 Å². The summed E-state index contributed by atoms with van der Waals surface area (Å²) in [6.07, 6.45) is 4.94. The number of methoxy groups -OCH3 is 2. The van der Waals surface area contributed by atoms with Crippen LogP contribution in [0.3, 0.4) is 0 Å². The number of fused-ring (bicyclic) bond motifs is 1. The van der Waals surface area contributed by atoms with Gasteiger partial charge in [-0.15, -0.1) is 0 Å². The van der Waals surface area contributed by atoms with Crippen molar-refractivity contribution in [2.75, 3.05) is 40.5 Å². The standard InChI is InChI=1S/C26H28N2O6/c1-17(29)20-9-10-23(31-2)26(32-3)25(20)34-16-19-15-28(12-13-33-19)24(30)11-8-18-14-27-22-7-5-4-6-21(18)22/h4-11,14,19,27H,12-13,15-16H2,1-3H3/b11-8+. The van der Waals surface area contributed by atoms with Crippen LogP contribution in [0.2, 0.25) is 0 Å². The maximum atomic E-state index is 12.8. The van der Waals surface area contributed by atoms with Gasteiger partial charge in [-0.05, 0) is 36.8 Å². The number of para-hydroxylation sites is 1. The van der Waals surface area contributed by atoms with Crippen LogP contribution in [0.15, 0.2) is 48.7 Å². The van der Waals surface area contributed by atoms with Crippen LogP contribution in [0.4, 0.5) is 0 Å². The number of benzene rings is 2. The van der Waals surface area contributed by atoms with E-state index in [0.29, 0.717) is 42.5 Å². The number of nitrogens with zero attached hydrogens (tertiary/aromatic N) is 1. The molecule has 2 heterocycles. The lowest BCUT2D eigenvalue weighted by Gasteiger charge is -2.32. The van der Waals surface area contributed by atoms with Gasteiger partial charge in [0.15, 0.2) is 17.3 Å². The molecular weight excluding hydrogens is 436 g/mol. The third-order valence-electron chi connectivity index (χ3n) is 5.77. The Morgan fingerprint density at radius 1 is 1.15 bits per heavy atom. The smallest absolute Gasteiger partial charge is 0.246 e. The van der Waals surface area contributed by atoms with E-state index in [1.54, 1.807) is 23.1 Å². The topological polar surface area (TPSA) is 90.1 Å². The molecule has 1 atom stereocenters. The average molecular weight is 465 g/mol. The summed E-state index contributed by atoms with van der Waals surface area (Å²) in [5.41, 5.74) is 2.37. The highest BCUT2D eigenvalue weighted by Gasteiger charge is 2.26. The van der Waals surface area contributed by atoms with Crippen molar-refractivity contribution in [1.29, 1.82) is 0 Å². The molecule has 8 heteroatoms. The van der Waals surface area contributed by atoms with E-state index in [9.17, 15) is 9.59 Å². The molecule has 1 saturated heterocycles. The normalized spacial score (nSPS) is 16.1. The average Bonchev–Trinajstić information content (AvgIpc) is 3.28. The maximum absolute atomic E-state index is 12.8. The van der Waals surface area contributed by atoms with Crippen LogP contribution in [0.5, 0.6) is 17.2 Å². The zero-order valence-electron chi connectivity index (χ0n) is 19.5. The number of Topliss-reactive ketones (excluding diaryl/α,β-unsaturated/α-hetero) is 1. The number of amides is 1. The molecule has 0 aliphatic carbocycles. The molecule has 178 valence electrons. The van der Waals surface area contributed by atoms with Crippen molar-refractivity contribution in [1.82, 2.24) is 9.88 Å². The number of rotatable bonds is 8. The number of hydrogen-bond acceptors (Lipinski definition) is 6. The molecular formula is C26H28N2O6. The van der Waals surface area contributed by atoms with Gasteiger partial charge < -0.3 is 28.8 Å². The van der Waals surface area contributed by atoms with E-state index in [2.05, 4.69) is 4.98 Å². The van der Waals surface area contributed by atoms with Crippen LogP contribution in [0, 0.1) is 0 Å². The van der Waals surface area contributed by atoms with Crippen LogP contribution in [-0.2, 0) is 9.53 Å². The van der Waals surface area contributed by atoms with Crippen molar-refractivity contribution in [3.05, 3.63) is 59.8 Å². The number of ether oxygens (including phenoxy) is 4. The number of carbonyl (C=O) groups excluding carboxylic acids is 2. The van der Waals surface area contributed by atoms with Gasteiger partial charge in [0.05, 0.1) is 32.9 Å². The summed E-state index contributed by atoms with van der Waals surface area (Å²) in [6, 6.07) is 11.3. The van der Waals surface area contributed by atoms with E-state index < -0.39 is 0 Å². The van der Waals surface area contributed by atoms with Gasteiger partial charge in [0, 0.05) is 29.7 Å². The molecule has 34 heavy (non-hydrogen) atoms. The van der Waals surface area contributed by atoms with E-state index in [4.69, 9.17) is 18.9 Å². The van der Waals surface area contributed by atoms with Gasteiger partial charge in [0.2, 0.25) is 11.7 Å². The van der Waals surface area contributed by atoms with Gasteiger partial charge in [0.25, 0.3) is 0 Å². The minimum Gasteiger partial charge on any atom is -0.493 e. The largest absolute Gasteiger partial charge is 0.493 e. The molecule has 1 aliphatic heterocycles. The third kappa shape index (κ3) is 4.92. The van der Waals surface area contributed by atoms with Crippen molar-refractivity contribution in [3.63, 3.8) is 0 Å². The van der Waals surface area contributed by atoms with Crippen LogP contribution in [-0.4, -0.2) is 68.2 Å². The van der Waals surface area contributed by atoms with E-state index >= 15 is 0 Å². The number of H-pyrrole nitrogens is 1. The number of nitrogens with one attached hydrogen (secondary N) is 1. The Labute approximate surface area is 198 Å². The molecule has 0 spiro atoms. The quantitative estimate of drug-likeness (QED) is 0.404. The maximum Gasteiger partial charge on any atom is 0.246 e. The Hall–Kier alpha value is -3.78. The monoisotopic (exact) mass is 464 g/mol. The first kappa shape index (κ1) is 23.4. The zero-order valence-corrected chi connectivity index (χ0v) is 19.5. The van der Waals surface area contributed by atoms with Crippen LogP contribution >= 0.6 is 0 Å². The molecule has 1 aliphatic rings. The van der Waals surface area contributed by atoms with E-state index in [-0.39, 0.29) is 24.4 Å². The number of morpholine rings is 1. The second-order valence-corrected chi connectivity index (χ2v) is 7.94. The predicted octanol–water partition coefficient (Wildman–Crippen LogP) is 3.71. The second kappa shape index (κ2) is 10.4. The molecule has 2 aromatic carbocycles. The molecule has 1 fully saturated rings. The van der Waals surface area contributed by atoms with Gasteiger partial charge >= 0.3 is 0 Å². The summed E-state index contributed by atoms with van der Waals surface area (Å²) in [6.45, 7) is 2.88. The summed E-state index contributed by atoms with van der Waals surface area (Å²) in [5.74, 6) is 0.870. The van der Waals surface area contributed by atoms with Crippen molar-refractivity contribution in [3.8, 4) is 17.2 Å². The number of ketones is 1. The highest BCUT2D eigenvalue weighted by atomic mass is 16.6. The fraction of sp³-hybridized carbons (Fsp3) is 0.308. The highest BCUT2D eigenvalue weighted by molar-refractivity contribution is 5.98. The van der Waals surface area contributed by atoms with Crippen molar-refractivity contribution in [2.24, 2.45) is 0 Å². The lowest BCUT2D eigenvalue weighted by molar-refractivity contribution is -0.134. The van der Waals surface area contributed by atoms with Crippen molar-refractivity contribution in [2.45, 2.75) is 13.0 Å². The minimum atomic E-state index is -0.352. The number of aromatic nitrogens is 1. The lowest BCUT2D eigenvalue weighted by Crippen LogP contribution is -2.47. The van der Waals surface area contributed by atoms with Gasteiger partial charge in [-0.2, -0.15) is 0 Å². The van der Waals surface area contributed by atoms with Crippen molar-refractivity contribution >= 4 is 28.7 Å². The van der Waals surface area contributed by atoms with E-state index in [1.807, 2.05) is 36.5 Å². The van der Waals surface area contributed by atoms with Gasteiger partial charge in [0.1, 0.15) is 12.7 Å². The zero-order chi connectivity index (χ0) is 24.1. The highest BCUT2D eigenvalue weighted by Crippen LogP contribution is 2.40. The van der Waals surface area contributed by atoms with Gasteiger partial charge in [-0.1, -0.05) is 18.2 Å². The lowest BCUT2D eigenvalue weighted by atomic mass is 10.1. The predicted molar refractivity (Wildman–Crippen MR) is 129 cm³/mol. The molecule has 8 nitrogen and oxygen atoms in total. The second-order valence-electron chi connectivity index (χ2n) is 7.94. The Morgan fingerprint density at radius 2 is 1.97 bits per heavy atom. The summed E-state index contributed by atoms with van der Waals surface area (Å²) < 4.78 is 22.6. The number of hydrogen-bond donors (Lipinski definition) is 1.